The van der Waals surface area contributed by atoms with Crippen molar-refractivity contribution in [3.05, 3.63) is 42.5 Å². The fraction of sp³-hybridized carbons (Fsp3) is 0.474. The monoisotopic (exact) mass is 282 g/mol. The predicted octanol–water partition coefficient (Wildman–Crippen LogP) is 4.18. The molecular formula is C19H26N2. The summed E-state index contributed by atoms with van der Waals surface area (Å²) in [7, 11) is 0. The molecule has 0 saturated carbocycles. The zero-order valence-corrected chi connectivity index (χ0v) is 13.0. The highest BCUT2D eigenvalue weighted by molar-refractivity contribution is 5.85. The van der Waals surface area contributed by atoms with E-state index in [-0.39, 0.29) is 0 Å². The summed E-state index contributed by atoms with van der Waals surface area (Å²) in [5.41, 5.74) is 7.67. The van der Waals surface area contributed by atoms with E-state index in [0.29, 0.717) is 12.0 Å². The minimum absolute atomic E-state index is 0.383. The van der Waals surface area contributed by atoms with Crippen molar-refractivity contribution >= 4 is 16.5 Å². The Bertz CT molecular complexity index is 593. The van der Waals surface area contributed by atoms with Gasteiger partial charge in [-0.25, -0.2) is 0 Å². The van der Waals surface area contributed by atoms with Crippen molar-refractivity contribution in [3.63, 3.8) is 0 Å². The number of anilines is 1. The van der Waals surface area contributed by atoms with Crippen LogP contribution in [0.25, 0.3) is 10.8 Å². The largest absolute Gasteiger partial charge is 0.371 e. The second-order valence-electron chi connectivity index (χ2n) is 6.33. The SMILES string of the molecule is CCCC[C@H]1CN(c2ccc3ccccc3c2)CC[C@H]1N. The molecule has 2 heteroatoms. The maximum atomic E-state index is 6.32. The fourth-order valence-corrected chi connectivity index (χ4v) is 3.43. The van der Waals surface area contributed by atoms with Crippen LogP contribution in [-0.4, -0.2) is 19.1 Å². The topological polar surface area (TPSA) is 29.3 Å². The van der Waals surface area contributed by atoms with Crippen LogP contribution < -0.4 is 10.6 Å². The highest BCUT2D eigenvalue weighted by Gasteiger charge is 2.26. The molecule has 0 bridgehead atoms. The Morgan fingerprint density at radius 1 is 1.14 bits per heavy atom. The first-order valence-electron chi connectivity index (χ1n) is 8.27. The molecule has 2 aromatic carbocycles. The molecule has 2 nitrogen and oxygen atoms in total. The Kier molecular flexibility index (Phi) is 4.45. The van der Waals surface area contributed by atoms with Crippen LogP contribution in [0.5, 0.6) is 0 Å². The molecule has 1 aliphatic heterocycles. The van der Waals surface area contributed by atoms with Gasteiger partial charge in [0.2, 0.25) is 0 Å². The van der Waals surface area contributed by atoms with Gasteiger partial charge in [-0.1, -0.05) is 50.1 Å². The molecule has 1 aliphatic rings. The number of piperidine rings is 1. The van der Waals surface area contributed by atoms with Gasteiger partial charge in [0, 0.05) is 24.8 Å². The smallest absolute Gasteiger partial charge is 0.0372 e. The first-order chi connectivity index (χ1) is 10.3. The Balaban J connectivity index is 1.78. The van der Waals surface area contributed by atoms with Crippen LogP contribution in [0.4, 0.5) is 5.69 Å². The molecule has 0 unspecified atom stereocenters. The Labute approximate surface area is 127 Å². The van der Waals surface area contributed by atoms with Gasteiger partial charge in [-0.05, 0) is 41.7 Å². The zero-order chi connectivity index (χ0) is 14.7. The maximum absolute atomic E-state index is 6.32. The quantitative estimate of drug-likeness (QED) is 0.911. The minimum atomic E-state index is 0.383. The summed E-state index contributed by atoms with van der Waals surface area (Å²) in [6.07, 6.45) is 4.94. The molecule has 0 aliphatic carbocycles. The van der Waals surface area contributed by atoms with Gasteiger partial charge in [0.05, 0.1) is 0 Å². The van der Waals surface area contributed by atoms with Crippen molar-refractivity contribution in [3.8, 4) is 0 Å². The lowest BCUT2D eigenvalue weighted by molar-refractivity contribution is 0.330. The highest BCUT2D eigenvalue weighted by Crippen LogP contribution is 2.28. The number of unbranched alkanes of at least 4 members (excludes halogenated alkanes) is 1. The van der Waals surface area contributed by atoms with E-state index >= 15 is 0 Å². The standard InChI is InChI=1S/C19H26N2/c1-2-3-6-17-14-21(12-11-19(17)20)18-10-9-15-7-4-5-8-16(15)13-18/h4-5,7-10,13,17,19H,2-3,6,11-12,14,20H2,1H3/t17-,19+/m0/s1. The van der Waals surface area contributed by atoms with Gasteiger partial charge in [0.15, 0.2) is 0 Å². The van der Waals surface area contributed by atoms with Crippen molar-refractivity contribution in [2.75, 3.05) is 18.0 Å². The summed E-state index contributed by atoms with van der Waals surface area (Å²) in [6, 6.07) is 15.8. The van der Waals surface area contributed by atoms with E-state index < -0.39 is 0 Å². The van der Waals surface area contributed by atoms with Gasteiger partial charge < -0.3 is 10.6 Å². The molecule has 21 heavy (non-hydrogen) atoms. The number of hydrogen-bond donors (Lipinski definition) is 1. The van der Waals surface area contributed by atoms with E-state index in [0.717, 1.165) is 19.5 Å². The van der Waals surface area contributed by atoms with Crippen molar-refractivity contribution in [2.24, 2.45) is 11.7 Å². The third-order valence-electron chi connectivity index (χ3n) is 4.82. The summed E-state index contributed by atoms with van der Waals surface area (Å²) >= 11 is 0. The molecular weight excluding hydrogens is 256 g/mol. The van der Waals surface area contributed by atoms with Crippen molar-refractivity contribution < 1.29 is 0 Å². The van der Waals surface area contributed by atoms with Crippen LogP contribution in [0.1, 0.15) is 32.6 Å². The number of nitrogens with two attached hydrogens (primary N) is 1. The second-order valence-corrected chi connectivity index (χ2v) is 6.33. The first kappa shape index (κ1) is 14.4. The number of nitrogens with zero attached hydrogens (tertiary/aromatic N) is 1. The van der Waals surface area contributed by atoms with E-state index in [1.807, 2.05) is 0 Å². The van der Waals surface area contributed by atoms with E-state index in [9.17, 15) is 0 Å². The maximum Gasteiger partial charge on any atom is 0.0372 e. The molecule has 2 N–H and O–H groups in total. The van der Waals surface area contributed by atoms with Crippen LogP contribution in [0.2, 0.25) is 0 Å². The van der Waals surface area contributed by atoms with Crippen LogP contribution in [0.3, 0.4) is 0 Å². The number of benzene rings is 2. The summed E-state index contributed by atoms with van der Waals surface area (Å²) in [4.78, 5) is 2.52. The fourth-order valence-electron chi connectivity index (χ4n) is 3.43. The number of hydrogen-bond acceptors (Lipinski definition) is 2. The average molecular weight is 282 g/mol. The van der Waals surface area contributed by atoms with Gasteiger partial charge >= 0.3 is 0 Å². The van der Waals surface area contributed by atoms with E-state index in [4.69, 9.17) is 5.73 Å². The molecule has 2 aromatic rings. The lowest BCUT2D eigenvalue weighted by atomic mass is 9.88. The number of rotatable bonds is 4. The van der Waals surface area contributed by atoms with Crippen molar-refractivity contribution in [1.29, 1.82) is 0 Å². The molecule has 1 fully saturated rings. The van der Waals surface area contributed by atoms with Crippen LogP contribution in [-0.2, 0) is 0 Å². The van der Waals surface area contributed by atoms with E-state index in [1.165, 1.54) is 35.7 Å². The van der Waals surface area contributed by atoms with Gasteiger partial charge in [-0.15, -0.1) is 0 Å². The molecule has 0 amide bonds. The van der Waals surface area contributed by atoms with Crippen molar-refractivity contribution in [2.45, 2.75) is 38.6 Å². The third-order valence-corrected chi connectivity index (χ3v) is 4.82. The lowest BCUT2D eigenvalue weighted by Gasteiger charge is -2.38. The van der Waals surface area contributed by atoms with Crippen LogP contribution >= 0.6 is 0 Å². The molecule has 0 aromatic heterocycles. The van der Waals surface area contributed by atoms with Crippen LogP contribution in [0, 0.1) is 5.92 Å². The summed E-state index contributed by atoms with van der Waals surface area (Å²) in [5, 5.41) is 2.65. The molecule has 1 heterocycles. The molecule has 2 atom stereocenters. The molecule has 3 rings (SSSR count). The zero-order valence-electron chi connectivity index (χ0n) is 13.0. The summed E-state index contributed by atoms with van der Waals surface area (Å²) in [5.74, 6) is 0.644. The summed E-state index contributed by atoms with van der Waals surface area (Å²) < 4.78 is 0. The van der Waals surface area contributed by atoms with Gasteiger partial charge in [0.25, 0.3) is 0 Å². The third kappa shape index (κ3) is 3.21. The predicted molar refractivity (Wildman–Crippen MR) is 91.8 cm³/mol. The minimum Gasteiger partial charge on any atom is -0.371 e. The average Bonchev–Trinajstić information content (AvgIpc) is 2.53. The normalized spacial score (nSPS) is 22.7. The van der Waals surface area contributed by atoms with Crippen LogP contribution in [0.15, 0.2) is 42.5 Å². The molecule has 0 radical (unpaired) electrons. The van der Waals surface area contributed by atoms with E-state index in [2.05, 4.69) is 54.3 Å². The Morgan fingerprint density at radius 2 is 1.95 bits per heavy atom. The highest BCUT2D eigenvalue weighted by atomic mass is 15.1. The molecule has 112 valence electrons. The Morgan fingerprint density at radius 3 is 2.76 bits per heavy atom. The van der Waals surface area contributed by atoms with Gasteiger partial charge in [0.1, 0.15) is 0 Å². The van der Waals surface area contributed by atoms with Crippen molar-refractivity contribution in [1.82, 2.24) is 0 Å². The lowest BCUT2D eigenvalue weighted by Crippen LogP contribution is -2.47. The number of fused-ring (bicyclic) bond motifs is 1. The Hall–Kier alpha value is -1.54. The summed E-state index contributed by atoms with van der Waals surface area (Å²) in [6.45, 7) is 4.46. The second kappa shape index (κ2) is 6.48. The van der Waals surface area contributed by atoms with E-state index in [1.54, 1.807) is 0 Å². The molecule has 1 saturated heterocycles. The van der Waals surface area contributed by atoms with Gasteiger partial charge in [-0.2, -0.15) is 0 Å². The molecule has 0 spiro atoms. The first-order valence-corrected chi connectivity index (χ1v) is 8.27. The van der Waals surface area contributed by atoms with Gasteiger partial charge in [-0.3, -0.25) is 0 Å².